The van der Waals surface area contributed by atoms with E-state index in [0.717, 1.165) is 11.1 Å². The van der Waals surface area contributed by atoms with Gasteiger partial charge in [-0.2, -0.15) is 13.2 Å². The number of alkyl halides is 3. The fraction of sp³-hybridized carbons (Fsp3) is 0.108. The lowest BCUT2D eigenvalue weighted by molar-refractivity contribution is -0.142. The zero-order valence-electron chi connectivity index (χ0n) is 24.7. The van der Waals surface area contributed by atoms with Crippen molar-refractivity contribution >= 4 is 52.3 Å². The van der Waals surface area contributed by atoms with E-state index < -0.39 is 17.7 Å². The molecule has 0 saturated heterocycles. The van der Waals surface area contributed by atoms with E-state index in [1.165, 1.54) is 12.1 Å². The third-order valence-electron chi connectivity index (χ3n) is 7.89. The van der Waals surface area contributed by atoms with Crippen LogP contribution in [0.2, 0.25) is 0 Å². The highest BCUT2D eigenvalue weighted by atomic mass is 19.4. The summed E-state index contributed by atoms with van der Waals surface area (Å²) in [7, 11) is 0. The Balaban J connectivity index is 1.66. The van der Waals surface area contributed by atoms with E-state index >= 15 is 0 Å². The lowest BCUT2D eigenvalue weighted by Crippen LogP contribution is -2.10. The number of aromatic amines is 2. The van der Waals surface area contributed by atoms with Gasteiger partial charge in [-0.3, -0.25) is 4.79 Å². The molecule has 2 N–H and O–H groups in total. The van der Waals surface area contributed by atoms with Crippen molar-refractivity contribution in [1.82, 2.24) is 19.9 Å². The second kappa shape index (κ2) is 11.7. The fourth-order valence-corrected chi connectivity index (χ4v) is 5.92. The Kier molecular flexibility index (Phi) is 7.36. The van der Waals surface area contributed by atoms with Crippen LogP contribution in [0, 0.1) is 0 Å². The number of aromatic nitrogens is 4. The zero-order valence-corrected chi connectivity index (χ0v) is 24.7. The van der Waals surface area contributed by atoms with Gasteiger partial charge in [0.2, 0.25) is 0 Å². The number of carbonyl (C=O) groups excluding carboxylic acids is 1. The molecule has 0 radical (unpaired) electrons. The predicted molar refractivity (Wildman–Crippen MR) is 175 cm³/mol. The van der Waals surface area contributed by atoms with E-state index in [-0.39, 0.29) is 24.1 Å². The van der Waals surface area contributed by atoms with Crippen LogP contribution in [0.15, 0.2) is 84.9 Å². The van der Waals surface area contributed by atoms with Crippen LogP contribution in [-0.4, -0.2) is 32.5 Å². The average molecular weight is 617 g/mol. The van der Waals surface area contributed by atoms with Crippen LogP contribution in [0.1, 0.15) is 40.8 Å². The van der Waals surface area contributed by atoms with Crippen LogP contribution in [0.4, 0.5) is 13.2 Å². The second-order valence-electron chi connectivity index (χ2n) is 10.8. The average Bonchev–Trinajstić information content (AvgIpc) is 3.87. The molecule has 8 bridgehead atoms. The number of halogens is 3. The van der Waals surface area contributed by atoms with Crippen LogP contribution < -0.4 is 0 Å². The maximum absolute atomic E-state index is 14.8. The first kappa shape index (κ1) is 29.0. The van der Waals surface area contributed by atoms with E-state index in [1.54, 1.807) is 43.4 Å². The van der Waals surface area contributed by atoms with Crippen molar-refractivity contribution < 1.29 is 22.7 Å². The molecule has 228 valence electrons. The normalized spacial score (nSPS) is 12.4. The number of fused-ring (bicyclic) bond motifs is 8. The van der Waals surface area contributed by atoms with Gasteiger partial charge < -0.3 is 14.7 Å². The molecule has 2 aliphatic heterocycles. The summed E-state index contributed by atoms with van der Waals surface area (Å²) in [5.74, 6) is -0.418. The van der Waals surface area contributed by atoms with E-state index in [2.05, 4.69) is 9.97 Å². The van der Waals surface area contributed by atoms with Gasteiger partial charge in [-0.05, 0) is 66.6 Å². The largest absolute Gasteiger partial charge is 0.466 e. The van der Waals surface area contributed by atoms with Crippen molar-refractivity contribution in [3.05, 3.63) is 119 Å². The molecule has 9 heteroatoms. The Hall–Kier alpha value is -5.70. The van der Waals surface area contributed by atoms with Crippen molar-refractivity contribution in [3.63, 3.8) is 0 Å². The smallest absolute Gasteiger partial charge is 0.420 e. The summed E-state index contributed by atoms with van der Waals surface area (Å²) in [6.07, 6.45) is 2.47. The van der Waals surface area contributed by atoms with Crippen molar-refractivity contribution in [2.45, 2.75) is 19.5 Å². The van der Waals surface area contributed by atoms with Crippen LogP contribution in [0.3, 0.4) is 0 Å². The maximum Gasteiger partial charge on any atom is 0.420 e. The number of hydrogen-bond acceptors (Lipinski definition) is 4. The molecule has 5 aromatic rings. The zero-order chi connectivity index (χ0) is 31.8. The summed E-state index contributed by atoms with van der Waals surface area (Å²) in [6, 6.07) is 24.8. The number of ether oxygens (including phenoxy) is 1. The molecule has 5 heterocycles. The molecular weight excluding hydrogens is 589 g/mol. The Labute approximate surface area is 262 Å². The number of nitrogens with one attached hydrogen (secondary N) is 2. The van der Waals surface area contributed by atoms with Crippen molar-refractivity contribution in [3.8, 4) is 22.3 Å². The summed E-state index contributed by atoms with van der Waals surface area (Å²) in [5, 5.41) is 0. The van der Waals surface area contributed by atoms with Crippen molar-refractivity contribution in [2.75, 3.05) is 6.61 Å². The quantitative estimate of drug-likeness (QED) is 0.189. The minimum absolute atomic E-state index is 0.0642. The molecule has 0 saturated carbocycles. The molecule has 3 aromatic heterocycles. The first-order valence-electron chi connectivity index (χ1n) is 14.8. The van der Waals surface area contributed by atoms with Gasteiger partial charge in [-0.1, -0.05) is 60.7 Å². The molecule has 0 spiro atoms. The monoisotopic (exact) mass is 616 g/mol. The number of nitrogens with zero attached hydrogens (tertiary/aromatic N) is 2. The van der Waals surface area contributed by atoms with Gasteiger partial charge in [0.15, 0.2) is 0 Å². The molecule has 7 rings (SSSR count). The van der Waals surface area contributed by atoms with E-state index in [9.17, 15) is 18.0 Å². The third-order valence-corrected chi connectivity index (χ3v) is 7.89. The molecule has 0 atom stereocenters. The van der Waals surface area contributed by atoms with E-state index in [1.807, 2.05) is 60.7 Å². The standard InChI is InChI=1S/C37H27F3N4O2/c1-2-46-33(45)21-24-25-13-15-27(41-25)34(22-9-5-3-6-10-22)29-17-19-31(43-29)36(37(38,39)40)32-20-18-30(44-32)35(23-11-7-4-8-12-23)28-16-14-26(24)42-28/h3-20,43-44H,2,21H2,1H3. The number of carbonyl (C=O) groups is 1. The van der Waals surface area contributed by atoms with Crippen LogP contribution >= 0.6 is 0 Å². The van der Waals surface area contributed by atoms with Crippen molar-refractivity contribution in [2.24, 2.45) is 0 Å². The Morgan fingerprint density at radius 1 is 0.652 bits per heavy atom. The second-order valence-corrected chi connectivity index (χ2v) is 10.8. The predicted octanol–water partition coefficient (Wildman–Crippen LogP) is 9.11. The van der Waals surface area contributed by atoms with Gasteiger partial charge in [-0.25, -0.2) is 9.97 Å². The van der Waals surface area contributed by atoms with E-state index in [4.69, 9.17) is 14.7 Å². The molecule has 2 aromatic carbocycles. The van der Waals surface area contributed by atoms with Crippen LogP contribution in [0.25, 0.3) is 68.6 Å². The molecule has 0 unspecified atom stereocenters. The first-order valence-corrected chi connectivity index (χ1v) is 14.8. The number of hydrogen-bond donors (Lipinski definition) is 2. The number of benzene rings is 2. The summed E-state index contributed by atoms with van der Waals surface area (Å²) < 4.78 is 49.7. The Morgan fingerprint density at radius 2 is 1.09 bits per heavy atom. The lowest BCUT2D eigenvalue weighted by Gasteiger charge is -2.08. The summed E-state index contributed by atoms with van der Waals surface area (Å²) >= 11 is 0. The van der Waals surface area contributed by atoms with Gasteiger partial charge in [0.05, 0.1) is 46.8 Å². The third kappa shape index (κ3) is 5.40. The highest BCUT2D eigenvalue weighted by molar-refractivity contribution is 5.95. The Morgan fingerprint density at radius 3 is 1.52 bits per heavy atom. The van der Waals surface area contributed by atoms with Gasteiger partial charge in [0.25, 0.3) is 0 Å². The highest BCUT2D eigenvalue weighted by Gasteiger charge is 2.34. The van der Waals surface area contributed by atoms with E-state index in [0.29, 0.717) is 50.5 Å². The lowest BCUT2D eigenvalue weighted by atomic mass is 10.0. The highest BCUT2D eigenvalue weighted by Crippen LogP contribution is 2.38. The molecular formula is C37H27F3N4O2. The number of esters is 1. The molecule has 0 fully saturated rings. The SMILES string of the molecule is CCOC(=O)Cc1c2nc(c(-c3ccccc3)c3ccc([nH]3)c(C(F)(F)F)c3ccc([nH]3)c(-c3ccccc3)c3nc1C=C3)C=C2. The first-order chi connectivity index (χ1) is 22.3. The molecule has 0 amide bonds. The summed E-state index contributed by atoms with van der Waals surface area (Å²) in [4.78, 5) is 28.8. The molecule has 46 heavy (non-hydrogen) atoms. The van der Waals surface area contributed by atoms with Gasteiger partial charge in [0.1, 0.15) is 5.56 Å². The summed E-state index contributed by atoms with van der Waals surface area (Å²) in [6.45, 7) is 1.98. The molecule has 6 nitrogen and oxygen atoms in total. The van der Waals surface area contributed by atoms with Crippen LogP contribution in [0.5, 0.6) is 0 Å². The van der Waals surface area contributed by atoms with Gasteiger partial charge in [0, 0.05) is 27.7 Å². The van der Waals surface area contributed by atoms with Gasteiger partial charge in [-0.15, -0.1) is 0 Å². The Bertz CT molecular complexity index is 2060. The molecule has 2 aliphatic rings. The van der Waals surface area contributed by atoms with Gasteiger partial charge >= 0.3 is 12.1 Å². The van der Waals surface area contributed by atoms with Crippen LogP contribution in [-0.2, 0) is 22.1 Å². The summed E-state index contributed by atoms with van der Waals surface area (Å²) in [5.41, 5.74) is 5.36. The fourth-order valence-electron chi connectivity index (χ4n) is 5.92. The maximum atomic E-state index is 14.8. The minimum Gasteiger partial charge on any atom is -0.466 e. The molecule has 0 aliphatic carbocycles. The van der Waals surface area contributed by atoms with Crippen molar-refractivity contribution in [1.29, 1.82) is 0 Å². The topological polar surface area (TPSA) is 83.7 Å². The minimum atomic E-state index is -4.68. The number of H-pyrrole nitrogens is 2. The number of rotatable bonds is 5.